The summed E-state index contributed by atoms with van der Waals surface area (Å²) < 4.78 is 7.76. The second kappa shape index (κ2) is 11.7. The molecule has 1 saturated heterocycles. The Hall–Kier alpha value is -3.12. The van der Waals surface area contributed by atoms with E-state index in [1.165, 1.54) is 47.9 Å². The fraction of sp³-hybridized carbons (Fsp3) is 0.467. The van der Waals surface area contributed by atoms with Crippen LogP contribution in [0.2, 0.25) is 0 Å². The first-order valence-electron chi connectivity index (χ1n) is 13.5. The van der Waals surface area contributed by atoms with Crippen LogP contribution in [0, 0.1) is 12.8 Å². The van der Waals surface area contributed by atoms with Gasteiger partial charge in [-0.15, -0.1) is 0 Å². The van der Waals surface area contributed by atoms with E-state index in [0.29, 0.717) is 18.3 Å². The molecule has 1 saturated carbocycles. The highest BCUT2D eigenvalue weighted by molar-refractivity contribution is 5.57. The summed E-state index contributed by atoms with van der Waals surface area (Å²) in [6, 6.07) is 18.3. The van der Waals surface area contributed by atoms with Crippen molar-refractivity contribution in [1.29, 1.82) is 0 Å². The summed E-state index contributed by atoms with van der Waals surface area (Å²) in [5.41, 5.74) is 4.05. The Balaban J connectivity index is 1.31. The van der Waals surface area contributed by atoms with Crippen molar-refractivity contribution < 1.29 is 4.74 Å². The number of piperazine rings is 1. The number of nitrogens with zero attached hydrogens (tertiary/aromatic N) is 4. The third-order valence-electron chi connectivity index (χ3n) is 7.61. The summed E-state index contributed by atoms with van der Waals surface area (Å²) >= 11 is 0. The fourth-order valence-electron chi connectivity index (χ4n) is 5.56. The quantitative estimate of drug-likeness (QED) is 0.437. The molecule has 0 spiro atoms. The molecule has 1 aliphatic heterocycles. The molecule has 36 heavy (non-hydrogen) atoms. The topological polar surface area (TPSA) is 50.6 Å². The van der Waals surface area contributed by atoms with Crippen LogP contribution in [0.25, 0.3) is 5.69 Å². The summed E-state index contributed by atoms with van der Waals surface area (Å²) in [6.07, 6.45) is 9.38. The Labute approximate surface area is 214 Å². The first-order valence-corrected chi connectivity index (χ1v) is 13.5. The molecule has 2 aromatic carbocycles. The van der Waals surface area contributed by atoms with Gasteiger partial charge in [-0.05, 0) is 37.0 Å². The van der Waals surface area contributed by atoms with Crippen molar-refractivity contribution in [2.24, 2.45) is 5.92 Å². The van der Waals surface area contributed by atoms with Gasteiger partial charge in [0.1, 0.15) is 5.69 Å². The molecular formula is C30H38N4O2. The van der Waals surface area contributed by atoms with E-state index < -0.39 is 0 Å². The number of hydrogen-bond donors (Lipinski definition) is 0. The number of aryl methyl sites for hydroxylation is 1. The molecule has 190 valence electrons. The number of para-hydroxylation sites is 1. The molecule has 0 amide bonds. The van der Waals surface area contributed by atoms with Gasteiger partial charge >= 0.3 is 5.56 Å². The van der Waals surface area contributed by atoms with Gasteiger partial charge in [-0.1, -0.05) is 80.1 Å². The largest absolute Gasteiger partial charge is 0.486 e. The van der Waals surface area contributed by atoms with Crippen molar-refractivity contribution in [3.05, 3.63) is 82.3 Å². The maximum absolute atomic E-state index is 13.6. The third-order valence-corrected chi connectivity index (χ3v) is 7.61. The second-order valence-electron chi connectivity index (χ2n) is 10.3. The Morgan fingerprint density at radius 1 is 0.944 bits per heavy atom. The summed E-state index contributed by atoms with van der Waals surface area (Å²) in [6.45, 7) is 7.26. The predicted octanol–water partition coefficient (Wildman–Crippen LogP) is 5.21. The van der Waals surface area contributed by atoms with Crippen LogP contribution < -0.4 is 15.2 Å². The van der Waals surface area contributed by atoms with Gasteiger partial charge in [0.2, 0.25) is 5.75 Å². The minimum absolute atomic E-state index is 0.176. The average molecular weight is 487 g/mol. The molecule has 0 N–H and O–H groups in total. The van der Waals surface area contributed by atoms with E-state index in [1.54, 1.807) is 0 Å². The van der Waals surface area contributed by atoms with E-state index in [9.17, 15) is 4.79 Å². The predicted molar refractivity (Wildman–Crippen MR) is 145 cm³/mol. The molecule has 6 heteroatoms. The zero-order valence-electron chi connectivity index (χ0n) is 21.4. The molecule has 0 radical (unpaired) electrons. The van der Waals surface area contributed by atoms with Gasteiger partial charge in [0.05, 0.1) is 18.5 Å². The monoisotopic (exact) mass is 486 g/mol. The lowest BCUT2D eigenvalue weighted by molar-refractivity contribution is 0.237. The molecule has 5 rings (SSSR count). The molecule has 2 aliphatic rings. The van der Waals surface area contributed by atoms with Crippen LogP contribution in [-0.2, 0) is 6.54 Å². The lowest BCUT2D eigenvalue weighted by Gasteiger charge is -2.36. The Morgan fingerprint density at radius 3 is 2.47 bits per heavy atom. The number of ether oxygens (including phenoxy) is 1. The lowest BCUT2D eigenvalue weighted by Crippen LogP contribution is -2.46. The minimum Gasteiger partial charge on any atom is -0.486 e. The van der Waals surface area contributed by atoms with Crippen LogP contribution in [0.3, 0.4) is 0 Å². The maximum Gasteiger partial charge on any atom is 0.316 e. The first-order chi connectivity index (χ1) is 17.7. The normalized spacial score (nSPS) is 17.3. The average Bonchev–Trinajstić information content (AvgIpc) is 2.91. The molecule has 0 bridgehead atoms. The second-order valence-corrected chi connectivity index (χ2v) is 10.3. The van der Waals surface area contributed by atoms with E-state index in [0.717, 1.165) is 50.5 Å². The lowest BCUT2D eigenvalue weighted by atomic mass is 9.87. The van der Waals surface area contributed by atoms with E-state index in [2.05, 4.69) is 46.1 Å². The van der Waals surface area contributed by atoms with Crippen LogP contribution in [-0.4, -0.2) is 47.5 Å². The highest BCUT2D eigenvalue weighted by Crippen LogP contribution is 2.29. The number of anilines is 1. The van der Waals surface area contributed by atoms with Crippen molar-refractivity contribution >= 4 is 5.69 Å². The van der Waals surface area contributed by atoms with Crippen LogP contribution in [0.15, 0.2) is 65.6 Å². The molecule has 1 aromatic heterocycles. The number of benzene rings is 2. The Morgan fingerprint density at radius 2 is 1.72 bits per heavy atom. The summed E-state index contributed by atoms with van der Waals surface area (Å²) in [7, 11) is 0. The summed E-state index contributed by atoms with van der Waals surface area (Å²) in [5, 5.41) is 4.55. The Kier molecular flexibility index (Phi) is 8.01. The standard InChI is InChI=1S/C30H38N4O2/c1-24-9-8-12-26(21-24)23-32-16-18-33(19-17-32)28-22-31-34(27-13-6-3-7-14-27)30(35)29(28)36-20-15-25-10-4-2-5-11-25/h3,6-9,12-14,21-22,25H,2,4-5,10-11,15-20,23H2,1H3. The smallest absolute Gasteiger partial charge is 0.316 e. The highest BCUT2D eigenvalue weighted by Gasteiger charge is 2.24. The van der Waals surface area contributed by atoms with E-state index in [4.69, 9.17) is 4.74 Å². The maximum atomic E-state index is 13.6. The van der Waals surface area contributed by atoms with E-state index >= 15 is 0 Å². The first kappa shape index (κ1) is 24.6. The van der Waals surface area contributed by atoms with Crippen LogP contribution in [0.1, 0.15) is 49.7 Å². The zero-order valence-corrected chi connectivity index (χ0v) is 21.4. The van der Waals surface area contributed by atoms with Crippen LogP contribution >= 0.6 is 0 Å². The molecule has 3 aromatic rings. The van der Waals surface area contributed by atoms with Crippen molar-refractivity contribution in [2.45, 2.75) is 52.0 Å². The van der Waals surface area contributed by atoms with Crippen molar-refractivity contribution in [2.75, 3.05) is 37.7 Å². The molecule has 6 nitrogen and oxygen atoms in total. The van der Waals surface area contributed by atoms with Crippen LogP contribution in [0.4, 0.5) is 5.69 Å². The van der Waals surface area contributed by atoms with Gasteiger partial charge in [0, 0.05) is 32.7 Å². The number of aromatic nitrogens is 2. The number of hydrogen-bond acceptors (Lipinski definition) is 5. The summed E-state index contributed by atoms with van der Waals surface area (Å²) in [4.78, 5) is 18.3. The molecule has 2 fully saturated rings. The Bertz CT molecular complexity index is 1180. The van der Waals surface area contributed by atoms with Gasteiger partial charge in [-0.25, -0.2) is 0 Å². The fourth-order valence-corrected chi connectivity index (χ4v) is 5.56. The van der Waals surface area contributed by atoms with Gasteiger partial charge < -0.3 is 9.64 Å². The zero-order chi connectivity index (χ0) is 24.7. The van der Waals surface area contributed by atoms with Crippen molar-refractivity contribution in [1.82, 2.24) is 14.7 Å². The van der Waals surface area contributed by atoms with Gasteiger partial charge in [0.15, 0.2) is 0 Å². The van der Waals surface area contributed by atoms with E-state index in [1.807, 2.05) is 36.5 Å². The van der Waals surface area contributed by atoms with Gasteiger partial charge in [0.25, 0.3) is 0 Å². The molecular weight excluding hydrogens is 448 g/mol. The molecule has 2 heterocycles. The molecule has 1 aliphatic carbocycles. The van der Waals surface area contributed by atoms with E-state index in [-0.39, 0.29) is 5.56 Å². The SMILES string of the molecule is Cc1cccc(CN2CCN(c3cnn(-c4ccccc4)c(=O)c3OCCC3CCCCC3)CC2)c1. The van der Waals surface area contributed by atoms with Crippen LogP contribution in [0.5, 0.6) is 5.75 Å². The van der Waals surface area contributed by atoms with Crippen molar-refractivity contribution in [3.8, 4) is 11.4 Å². The molecule has 0 atom stereocenters. The van der Waals surface area contributed by atoms with Gasteiger partial charge in [-0.2, -0.15) is 9.78 Å². The highest BCUT2D eigenvalue weighted by atomic mass is 16.5. The number of rotatable bonds is 8. The summed E-state index contributed by atoms with van der Waals surface area (Å²) in [5.74, 6) is 1.15. The minimum atomic E-state index is -0.176. The van der Waals surface area contributed by atoms with Crippen molar-refractivity contribution in [3.63, 3.8) is 0 Å². The third kappa shape index (κ3) is 5.98. The molecule has 0 unspecified atom stereocenters. The van der Waals surface area contributed by atoms with Gasteiger partial charge in [-0.3, -0.25) is 9.69 Å².